The van der Waals surface area contributed by atoms with Gasteiger partial charge in [0, 0.05) is 29.7 Å². The Morgan fingerprint density at radius 1 is 1.09 bits per heavy atom. The molecule has 3 atom stereocenters. The van der Waals surface area contributed by atoms with Gasteiger partial charge in [-0.15, -0.1) is 0 Å². The molecule has 1 heterocycles. The van der Waals surface area contributed by atoms with E-state index in [9.17, 15) is 14.7 Å². The van der Waals surface area contributed by atoms with Crippen LogP contribution in [0, 0.1) is 5.92 Å². The number of benzene rings is 2. The van der Waals surface area contributed by atoms with E-state index >= 15 is 0 Å². The number of carbonyl (C=O) groups is 2. The number of fused-ring (bicyclic) bond motifs is 1. The molecule has 2 aromatic rings. The van der Waals surface area contributed by atoms with E-state index < -0.39 is 17.8 Å². The predicted octanol–water partition coefficient (Wildman–Crippen LogP) is 4.19. The van der Waals surface area contributed by atoms with Gasteiger partial charge in [-0.1, -0.05) is 24.3 Å². The van der Waals surface area contributed by atoms with Crippen LogP contribution in [-0.4, -0.2) is 37.7 Å². The molecule has 0 saturated heterocycles. The topological polar surface area (TPSA) is 94.1 Å². The van der Waals surface area contributed by atoms with Crippen LogP contribution in [0.3, 0.4) is 0 Å². The summed E-state index contributed by atoms with van der Waals surface area (Å²) in [4.78, 5) is 26.4. The molecule has 7 nitrogen and oxygen atoms in total. The molecule has 34 heavy (non-hydrogen) atoms. The van der Waals surface area contributed by atoms with Gasteiger partial charge < -0.3 is 24.6 Å². The maximum atomic E-state index is 13.6. The molecule has 0 amide bonds. The van der Waals surface area contributed by atoms with E-state index in [0.717, 1.165) is 17.0 Å². The number of phenolic OH excluding ortho intramolecular Hbond substituents is 1. The van der Waals surface area contributed by atoms with Gasteiger partial charge >= 0.3 is 5.97 Å². The van der Waals surface area contributed by atoms with Crippen LogP contribution >= 0.6 is 0 Å². The molecule has 0 fully saturated rings. The number of esters is 1. The SMILES string of the molecule is CCOc1cc(C2C(C(=O)OC)=C(C)NC3=CC(c4ccc(OC)cc4)CC(=O)C32)ccc1O. The van der Waals surface area contributed by atoms with Gasteiger partial charge in [0.1, 0.15) is 11.5 Å². The fraction of sp³-hybridized carbons (Fsp3) is 0.333. The molecule has 1 aliphatic carbocycles. The van der Waals surface area contributed by atoms with Crippen LogP contribution in [0.1, 0.15) is 43.2 Å². The van der Waals surface area contributed by atoms with Crippen molar-refractivity contribution in [1.82, 2.24) is 5.32 Å². The fourth-order valence-electron chi connectivity index (χ4n) is 4.87. The molecule has 0 aromatic heterocycles. The van der Waals surface area contributed by atoms with Gasteiger partial charge in [0.15, 0.2) is 11.5 Å². The Kier molecular flexibility index (Phi) is 6.63. The first-order valence-electron chi connectivity index (χ1n) is 11.3. The summed E-state index contributed by atoms with van der Waals surface area (Å²) in [5.74, 6) is -0.637. The summed E-state index contributed by atoms with van der Waals surface area (Å²) < 4.78 is 15.9. The molecule has 0 bridgehead atoms. The van der Waals surface area contributed by atoms with Gasteiger partial charge in [-0.05, 0) is 49.2 Å². The second-order valence-corrected chi connectivity index (χ2v) is 8.44. The van der Waals surface area contributed by atoms with Crippen molar-refractivity contribution in [3.8, 4) is 17.2 Å². The van der Waals surface area contributed by atoms with Crippen molar-refractivity contribution in [3.05, 3.63) is 76.6 Å². The Bertz CT molecular complexity index is 1160. The molecule has 0 saturated carbocycles. The molecule has 2 aromatic carbocycles. The van der Waals surface area contributed by atoms with E-state index in [1.807, 2.05) is 38.1 Å². The third-order valence-electron chi connectivity index (χ3n) is 6.46. The number of ether oxygens (including phenoxy) is 3. The molecule has 3 unspecified atom stereocenters. The van der Waals surface area contributed by atoms with Crippen molar-refractivity contribution in [2.75, 3.05) is 20.8 Å². The predicted molar refractivity (Wildman–Crippen MR) is 127 cm³/mol. The zero-order valence-electron chi connectivity index (χ0n) is 19.8. The minimum atomic E-state index is -0.577. The lowest BCUT2D eigenvalue weighted by Gasteiger charge is -2.39. The lowest BCUT2D eigenvalue weighted by molar-refractivity contribution is -0.136. The fourth-order valence-corrected chi connectivity index (χ4v) is 4.87. The summed E-state index contributed by atoms with van der Waals surface area (Å²) in [5.41, 5.74) is 3.51. The first-order valence-corrected chi connectivity index (χ1v) is 11.3. The monoisotopic (exact) mass is 463 g/mol. The van der Waals surface area contributed by atoms with Crippen LogP contribution in [0.5, 0.6) is 17.2 Å². The quantitative estimate of drug-likeness (QED) is 0.621. The molecule has 1 aliphatic heterocycles. The summed E-state index contributed by atoms with van der Waals surface area (Å²) >= 11 is 0. The number of hydrogen-bond donors (Lipinski definition) is 2. The lowest BCUT2D eigenvalue weighted by atomic mass is 9.68. The van der Waals surface area contributed by atoms with Crippen LogP contribution in [0.15, 0.2) is 65.5 Å². The van der Waals surface area contributed by atoms with Crippen LogP contribution < -0.4 is 14.8 Å². The molecular formula is C27H29NO6. The molecule has 7 heteroatoms. The highest BCUT2D eigenvalue weighted by Crippen LogP contribution is 2.47. The lowest BCUT2D eigenvalue weighted by Crippen LogP contribution is -2.41. The highest BCUT2D eigenvalue weighted by molar-refractivity contribution is 5.96. The van der Waals surface area contributed by atoms with Crippen molar-refractivity contribution < 1.29 is 28.9 Å². The van der Waals surface area contributed by atoms with Gasteiger partial charge in [0.05, 0.1) is 32.3 Å². The molecule has 2 aliphatic rings. The van der Waals surface area contributed by atoms with E-state index in [4.69, 9.17) is 14.2 Å². The Morgan fingerprint density at radius 3 is 2.44 bits per heavy atom. The van der Waals surface area contributed by atoms with E-state index in [1.165, 1.54) is 13.2 Å². The second-order valence-electron chi connectivity index (χ2n) is 8.44. The third-order valence-corrected chi connectivity index (χ3v) is 6.46. The van der Waals surface area contributed by atoms with E-state index in [-0.39, 0.29) is 17.5 Å². The van der Waals surface area contributed by atoms with E-state index in [1.54, 1.807) is 19.2 Å². The maximum Gasteiger partial charge on any atom is 0.336 e. The van der Waals surface area contributed by atoms with Crippen LogP contribution in [-0.2, 0) is 14.3 Å². The largest absolute Gasteiger partial charge is 0.504 e. The Morgan fingerprint density at radius 2 is 1.79 bits per heavy atom. The van der Waals surface area contributed by atoms with E-state index in [0.29, 0.717) is 35.6 Å². The van der Waals surface area contributed by atoms with Crippen LogP contribution in [0.25, 0.3) is 0 Å². The summed E-state index contributed by atoms with van der Waals surface area (Å²) in [5, 5.41) is 13.5. The number of allylic oxidation sites excluding steroid dienone is 3. The van der Waals surface area contributed by atoms with Crippen LogP contribution in [0.4, 0.5) is 0 Å². The van der Waals surface area contributed by atoms with Crippen molar-refractivity contribution in [1.29, 1.82) is 0 Å². The van der Waals surface area contributed by atoms with Crippen molar-refractivity contribution in [2.45, 2.75) is 32.1 Å². The molecule has 4 rings (SSSR count). The summed E-state index contributed by atoms with van der Waals surface area (Å²) in [6, 6.07) is 12.7. The number of nitrogens with one attached hydrogen (secondary N) is 1. The highest BCUT2D eigenvalue weighted by Gasteiger charge is 2.45. The van der Waals surface area contributed by atoms with Gasteiger partial charge in [-0.2, -0.15) is 0 Å². The Hall–Kier alpha value is -3.74. The minimum Gasteiger partial charge on any atom is -0.504 e. The standard InChI is InChI=1S/C27H29NO6/c1-5-34-23-14-17(8-11-21(23)29)25-24(27(31)33-4)15(2)28-20-12-18(13-22(30)26(20)25)16-6-9-19(32-3)10-7-16/h6-12,14,18,25-26,28-29H,5,13H2,1-4H3. The van der Waals surface area contributed by atoms with E-state index in [2.05, 4.69) is 11.4 Å². The summed E-state index contributed by atoms with van der Waals surface area (Å²) in [7, 11) is 2.95. The molecular weight excluding hydrogens is 434 g/mol. The van der Waals surface area contributed by atoms with Gasteiger partial charge in [0.2, 0.25) is 0 Å². The third kappa shape index (κ3) is 4.25. The molecule has 0 spiro atoms. The highest BCUT2D eigenvalue weighted by atomic mass is 16.5. The van der Waals surface area contributed by atoms with Crippen molar-refractivity contribution >= 4 is 11.8 Å². The molecule has 178 valence electrons. The summed E-state index contributed by atoms with van der Waals surface area (Å²) in [6.07, 6.45) is 2.38. The Labute approximate surface area is 199 Å². The van der Waals surface area contributed by atoms with Crippen LogP contribution in [0.2, 0.25) is 0 Å². The van der Waals surface area contributed by atoms with Crippen molar-refractivity contribution in [2.24, 2.45) is 5.92 Å². The number of hydrogen-bond acceptors (Lipinski definition) is 7. The number of aromatic hydroxyl groups is 1. The number of carbonyl (C=O) groups excluding carboxylic acids is 2. The zero-order valence-corrected chi connectivity index (χ0v) is 19.8. The molecule has 0 radical (unpaired) electrons. The first kappa shape index (κ1) is 23.4. The number of methoxy groups -OCH3 is 2. The number of Topliss-reactive ketones (excluding diaryl/α,β-unsaturated/α-hetero) is 1. The second kappa shape index (κ2) is 9.63. The Balaban J connectivity index is 1.81. The average molecular weight is 464 g/mol. The van der Waals surface area contributed by atoms with Gasteiger partial charge in [-0.25, -0.2) is 4.79 Å². The maximum absolute atomic E-state index is 13.6. The first-order chi connectivity index (χ1) is 16.4. The normalized spacial score (nSPS) is 21.8. The number of phenols is 1. The molecule has 2 N–H and O–H groups in total. The number of ketones is 1. The smallest absolute Gasteiger partial charge is 0.336 e. The van der Waals surface area contributed by atoms with Gasteiger partial charge in [0.25, 0.3) is 0 Å². The van der Waals surface area contributed by atoms with Crippen molar-refractivity contribution in [3.63, 3.8) is 0 Å². The van der Waals surface area contributed by atoms with Gasteiger partial charge in [-0.3, -0.25) is 4.79 Å². The zero-order chi connectivity index (χ0) is 24.4. The summed E-state index contributed by atoms with van der Waals surface area (Å²) in [6.45, 7) is 4.01. The number of rotatable bonds is 6. The average Bonchev–Trinajstić information content (AvgIpc) is 2.84. The minimum absolute atomic E-state index is 0.00478.